The van der Waals surface area contributed by atoms with Crippen molar-refractivity contribution in [2.45, 2.75) is 56.9 Å². The maximum atomic E-state index is 11.6. The molecule has 1 aromatic rings. The van der Waals surface area contributed by atoms with Gasteiger partial charge in [0.05, 0.1) is 0 Å². The van der Waals surface area contributed by atoms with Crippen molar-refractivity contribution in [2.75, 3.05) is 0 Å². The molecule has 1 aliphatic carbocycles. The Morgan fingerprint density at radius 3 is 2.43 bits per heavy atom. The van der Waals surface area contributed by atoms with Gasteiger partial charge in [0, 0.05) is 17.9 Å². The van der Waals surface area contributed by atoms with Gasteiger partial charge >= 0.3 is 5.97 Å². The number of aliphatic carboxylic acids is 1. The van der Waals surface area contributed by atoms with E-state index in [1.54, 1.807) is 0 Å². The van der Waals surface area contributed by atoms with E-state index in [4.69, 9.17) is 0 Å². The molecule has 0 heterocycles. The van der Waals surface area contributed by atoms with Gasteiger partial charge in [-0.15, -0.1) is 24.8 Å². The molecular formula is C17H28BCl2NO2. The van der Waals surface area contributed by atoms with Crippen molar-refractivity contribution in [2.24, 2.45) is 5.92 Å². The summed E-state index contributed by atoms with van der Waals surface area (Å²) in [4.78, 5) is 11.6. The number of carboxylic acid groups (broad SMARTS) is 1. The minimum atomic E-state index is -0.623. The van der Waals surface area contributed by atoms with Crippen LogP contribution in [0, 0.1) is 5.92 Å². The van der Waals surface area contributed by atoms with Crippen molar-refractivity contribution in [3.8, 4) is 0 Å². The van der Waals surface area contributed by atoms with Gasteiger partial charge in [-0.2, -0.15) is 0 Å². The number of rotatable bonds is 8. The van der Waals surface area contributed by atoms with Crippen molar-refractivity contribution in [3.63, 3.8) is 0 Å². The standard InChI is InChI=1S/C17H26BNO2.2ClH/c1-2-3-9-17(18,16(20)21)14-10-15(11-14)19-12-13-7-5-4-6-8-13;;/h4-8,14-15,19H,2-3,9-12,18H2,1H3,(H,20,21);2*1H. The summed E-state index contributed by atoms with van der Waals surface area (Å²) in [5.41, 5.74) is 1.29. The Kier molecular flexibility index (Phi) is 9.91. The maximum absolute atomic E-state index is 11.6. The van der Waals surface area contributed by atoms with E-state index in [2.05, 4.69) is 24.4 Å². The molecule has 1 aromatic carbocycles. The number of nitrogens with one attached hydrogen (secondary N) is 1. The fourth-order valence-corrected chi connectivity index (χ4v) is 3.19. The molecule has 2 rings (SSSR count). The lowest BCUT2D eigenvalue weighted by molar-refractivity contribution is -0.144. The van der Waals surface area contributed by atoms with Crippen molar-refractivity contribution in [3.05, 3.63) is 35.9 Å². The molecule has 0 aliphatic heterocycles. The first kappa shape index (κ1) is 22.3. The smallest absolute Gasteiger partial charge is 0.301 e. The molecule has 6 heteroatoms. The van der Waals surface area contributed by atoms with Crippen LogP contribution in [0.5, 0.6) is 0 Å². The Labute approximate surface area is 152 Å². The van der Waals surface area contributed by atoms with Crippen LogP contribution in [0.4, 0.5) is 0 Å². The molecule has 130 valence electrons. The Morgan fingerprint density at radius 1 is 1.30 bits per heavy atom. The van der Waals surface area contributed by atoms with Crippen LogP contribution >= 0.6 is 24.8 Å². The molecule has 2 N–H and O–H groups in total. The highest BCUT2D eigenvalue weighted by molar-refractivity contribution is 6.27. The highest BCUT2D eigenvalue weighted by Gasteiger charge is 2.46. The fraction of sp³-hybridized carbons (Fsp3) is 0.588. The molecule has 0 radical (unpaired) electrons. The average Bonchev–Trinajstić information content (AvgIpc) is 2.44. The molecule has 1 aliphatic rings. The monoisotopic (exact) mass is 359 g/mol. The normalized spacial score (nSPS) is 22.0. The molecule has 0 bridgehead atoms. The van der Waals surface area contributed by atoms with Crippen LogP contribution in [0.25, 0.3) is 0 Å². The average molecular weight is 360 g/mol. The molecule has 1 unspecified atom stereocenters. The zero-order chi connectivity index (χ0) is 15.3. The third-order valence-electron chi connectivity index (χ3n) is 5.02. The van der Waals surface area contributed by atoms with Crippen molar-refractivity contribution >= 4 is 38.6 Å². The number of benzene rings is 1. The van der Waals surface area contributed by atoms with Crippen molar-refractivity contribution in [1.29, 1.82) is 0 Å². The van der Waals surface area contributed by atoms with Gasteiger partial charge < -0.3 is 10.4 Å². The first-order valence-electron chi connectivity index (χ1n) is 8.07. The molecule has 23 heavy (non-hydrogen) atoms. The van der Waals surface area contributed by atoms with E-state index in [1.165, 1.54) is 5.56 Å². The fourth-order valence-electron chi connectivity index (χ4n) is 3.19. The summed E-state index contributed by atoms with van der Waals surface area (Å²) in [6, 6.07) is 10.8. The molecule has 1 saturated carbocycles. The van der Waals surface area contributed by atoms with E-state index in [9.17, 15) is 9.90 Å². The minimum Gasteiger partial charge on any atom is -0.481 e. The molecule has 0 spiro atoms. The third kappa shape index (κ3) is 5.70. The van der Waals surface area contributed by atoms with E-state index >= 15 is 0 Å². The topological polar surface area (TPSA) is 49.3 Å². The first-order valence-corrected chi connectivity index (χ1v) is 8.07. The molecule has 1 fully saturated rings. The number of hydrogen-bond donors (Lipinski definition) is 2. The molecule has 0 amide bonds. The Morgan fingerprint density at radius 2 is 1.91 bits per heavy atom. The Hall–Kier alpha value is -0.705. The highest BCUT2D eigenvalue weighted by Crippen LogP contribution is 2.48. The summed E-state index contributed by atoms with van der Waals surface area (Å²) < 4.78 is 0. The predicted octanol–water partition coefficient (Wildman–Crippen LogP) is 3.47. The van der Waals surface area contributed by atoms with E-state index in [0.29, 0.717) is 12.0 Å². The lowest BCUT2D eigenvalue weighted by atomic mass is 9.51. The van der Waals surface area contributed by atoms with Gasteiger partial charge in [0.2, 0.25) is 0 Å². The van der Waals surface area contributed by atoms with Gasteiger partial charge in [0.15, 0.2) is 0 Å². The Balaban J connectivity index is 0.00000242. The van der Waals surface area contributed by atoms with E-state index < -0.39 is 11.3 Å². The zero-order valence-electron chi connectivity index (χ0n) is 14.0. The second-order valence-electron chi connectivity index (χ2n) is 6.56. The van der Waals surface area contributed by atoms with Gasteiger partial charge in [-0.1, -0.05) is 50.1 Å². The van der Waals surface area contributed by atoms with Gasteiger partial charge in [0.1, 0.15) is 7.85 Å². The zero-order valence-corrected chi connectivity index (χ0v) is 15.6. The minimum absolute atomic E-state index is 0. The summed E-state index contributed by atoms with van der Waals surface area (Å²) in [6.07, 6.45) is 4.83. The predicted molar refractivity (Wildman–Crippen MR) is 103 cm³/mol. The van der Waals surface area contributed by atoms with E-state index in [-0.39, 0.29) is 24.8 Å². The first-order chi connectivity index (χ1) is 10.1. The van der Waals surface area contributed by atoms with Gasteiger partial charge in [0.25, 0.3) is 0 Å². The van der Waals surface area contributed by atoms with Crippen molar-refractivity contribution < 1.29 is 9.90 Å². The second-order valence-corrected chi connectivity index (χ2v) is 6.56. The number of unbranched alkanes of at least 4 members (excludes halogenated alkanes) is 1. The summed E-state index contributed by atoms with van der Waals surface area (Å²) in [7, 11) is 1.93. The largest absolute Gasteiger partial charge is 0.481 e. The van der Waals surface area contributed by atoms with Crippen LogP contribution in [0.2, 0.25) is 5.31 Å². The van der Waals surface area contributed by atoms with Gasteiger partial charge in [-0.05, 0) is 30.7 Å². The van der Waals surface area contributed by atoms with Crippen LogP contribution < -0.4 is 5.32 Å². The van der Waals surface area contributed by atoms with Crippen LogP contribution in [-0.4, -0.2) is 25.0 Å². The number of carbonyl (C=O) groups is 1. The molecule has 1 atom stereocenters. The SMILES string of the molecule is BC(CCCC)(C(=O)O)C1CC(NCc2ccccc2)C1.Cl.Cl. The van der Waals surface area contributed by atoms with Crippen LogP contribution in [-0.2, 0) is 11.3 Å². The number of carboxylic acids is 1. The van der Waals surface area contributed by atoms with Gasteiger partial charge in [-0.25, -0.2) is 0 Å². The van der Waals surface area contributed by atoms with Crippen molar-refractivity contribution in [1.82, 2.24) is 5.32 Å². The van der Waals surface area contributed by atoms with Crippen LogP contribution in [0.15, 0.2) is 30.3 Å². The maximum Gasteiger partial charge on any atom is 0.301 e. The summed E-state index contributed by atoms with van der Waals surface area (Å²) in [6.45, 7) is 2.99. The summed E-state index contributed by atoms with van der Waals surface area (Å²) in [5.74, 6) is -0.308. The lowest BCUT2D eigenvalue weighted by Crippen LogP contribution is -2.48. The number of halogens is 2. The quantitative estimate of drug-likeness (QED) is 0.698. The second kappa shape index (κ2) is 10.2. The van der Waals surface area contributed by atoms with E-state index in [1.807, 2.05) is 26.0 Å². The van der Waals surface area contributed by atoms with Gasteiger partial charge in [-0.3, -0.25) is 4.79 Å². The third-order valence-corrected chi connectivity index (χ3v) is 5.02. The molecular weight excluding hydrogens is 332 g/mol. The molecule has 0 saturated heterocycles. The summed E-state index contributed by atoms with van der Waals surface area (Å²) in [5, 5.41) is 12.6. The van der Waals surface area contributed by atoms with Crippen LogP contribution in [0.3, 0.4) is 0 Å². The Bertz CT molecular complexity index is 469. The summed E-state index contributed by atoms with van der Waals surface area (Å²) >= 11 is 0. The van der Waals surface area contributed by atoms with E-state index in [0.717, 1.165) is 38.6 Å². The number of hydrogen-bond acceptors (Lipinski definition) is 2. The van der Waals surface area contributed by atoms with Crippen LogP contribution in [0.1, 0.15) is 44.6 Å². The molecule has 3 nitrogen and oxygen atoms in total. The lowest BCUT2D eigenvalue weighted by Gasteiger charge is -2.45. The highest BCUT2D eigenvalue weighted by atomic mass is 35.5. The molecule has 0 aromatic heterocycles.